The maximum atomic E-state index is 12.6. The SMILES string of the molecule is O=C(N[C@@H]1c2cc(NC3=NCCCO3)ccc2C[C@H]1O)c1ccc(Br)cc1. The highest BCUT2D eigenvalue weighted by Gasteiger charge is 2.32. The first kappa shape index (κ1) is 18.0. The van der Waals surface area contributed by atoms with E-state index in [-0.39, 0.29) is 5.91 Å². The monoisotopic (exact) mass is 429 g/mol. The van der Waals surface area contributed by atoms with Crippen LogP contribution >= 0.6 is 15.9 Å². The predicted octanol–water partition coefficient (Wildman–Crippen LogP) is 3.03. The molecule has 27 heavy (non-hydrogen) atoms. The Hall–Kier alpha value is -2.38. The van der Waals surface area contributed by atoms with Gasteiger partial charge in [-0.25, -0.2) is 4.99 Å². The number of nitrogens with zero attached hydrogens (tertiary/aromatic N) is 1. The van der Waals surface area contributed by atoms with Crippen LogP contribution in [0.25, 0.3) is 0 Å². The molecule has 3 N–H and O–H groups in total. The first-order valence-corrected chi connectivity index (χ1v) is 9.71. The van der Waals surface area contributed by atoms with Crippen LogP contribution in [0.15, 0.2) is 51.9 Å². The molecule has 2 aromatic rings. The molecule has 1 heterocycles. The molecule has 0 radical (unpaired) electrons. The molecule has 2 aromatic carbocycles. The quantitative estimate of drug-likeness (QED) is 0.699. The summed E-state index contributed by atoms with van der Waals surface area (Å²) in [4.78, 5) is 16.9. The summed E-state index contributed by atoms with van der Waals surface area (Å²) in [5.74, 6) is -0.210. The van der Waals surface area contributed by atoms with Crippen molar-refractivity contribution in [1.82, 2.24) is 5.32 Å². The molecule has 4 rings (SSSR count). The summed E-state index contributed by atoms with van der Waals surface area (Å²) < 4.78 is 6.41. The summed E-state index contributed by atoms with van der Waals surface area (Å²) in [5, 5.41) is 16.6. The fourth-order valence-corrected chi connectivity index (χ4v) is 3.62. The molecule has 140 valence electrons. The number of anilines is 1. The zero-order valence-electron chi connectivity index (χ0n) is 14.6. The van der Waals surface area contributed by atoms with Gasteiger partial charge in [0, 0.05) is 35.1 Å². The molecule has 0 fully saturated rings. The molecule has 0 unspecified atom stereocenters. The summed E-state index contributed by atoms with van der Waals surface area (Å²) in [5.41, 5.74) is 3.32. The summed E-state index contributed by atoms with van der Waals surface area (Å²) in [6, 6.07) is 13.0. The van der Waals surface area contributed by atoms with Crippen LogP contribution in [0.1, 0.15) is 33.9 Å². The highest BCUT2D eigenvalue weighted by atomic mass is 79.9. The van der Waals surface area contributed by atoms with Crippen LogP contribution in [0.3, 0.4) is 0 Å². The van der Waals surface area contributed by atoms with Crippen LogP contribution in [-0.4, -0.2) is 36.3 Å². The van der Waals surface area contributed by atoms with Crippen LogP contribution in [0.5, 0.6) is 0 Å². The van der Waals surface area contributed by atoms with Gasteiger partial charge in [-0.2, -0.15) is 0 Å². The number of benzene rings is 2. The lowest BCUT2D eigenvalue weighted by Crippen LogP contribution is -2.33. The van der Waals surface area contributed by atoms with E-state index >= 15 is 0 Å². The van der Waals surface area contributed by atoms with Gasteiger partial charge in [-0.1, -0.05) is 22.0 Å². The van der Waals surface area contributed by atoms with Crippen molar-refractivity contribution < 1.29 is 14.6 Å². The van der Waals surface area contributed by atoms with Crippen molar-refractivity contribution in [2.45, 2.75) is 25.0 Å². The van der Waals surface area contributed by atoms with Crippen LogP contribution in [0, 0.1) is 0 Å². The summed E-state index contributed by atoms with van der Waals surface area (Å²) >= 11 is 3.36. The van der Waals surface area contributed by atoms with Gasteiger partial charge in [0.25, 0.3) is 11.9 Å². The normalized spacial score (nSPS) is 21.0. The van der Waals surface area contributed by atoms with Gasteiger partial charge in [0.2, 0.25) is 0 Å². The van der Waals surface area contributed by atoms with Crippen molar-refractivity contribution in [3.8, 4) is 0 Å². The van der Waals surface area contributed by atoms with Gasteiger partial charge in [0.15, 0.2) is 0 Å². The van der Waals surface area contributed by atoms with Crippen LogP contribution in [-0.2, 0) is 11.2 Å². The van der Waals surface area contributed by atoms with Gasteiger partial charge in [-0.05, 0) is 47.5 Å². The first-order chi connectivity index (χ1) is 13.1. The molecule has 0 bridgehead atoms. The molecule has 7 heteroatoms. The van der Waals surface area contributed by atoms with Crippen LogP contribution in [0.2, 0.25) is 0 Å². The zero-order chi connectivity index (χ0) is 18.8. The maximum absolute atomic E-state index is 12.6. The number of aliphatic imine (C=N–C) groups is 1. The average molecular weight is 430 g/mol. The standard InChI is InChI=1S/C20H20BrN3O3/c21-14-5-2-12(3-6-14)19(26)24-18-16-11-15(7-4-13(16)10-17(18)25)23-20-22-8-1-9-27-20/h2-7,11,17-18,25H,1,8-10H2,(H,22,23)(H,24,26)/t17-,18-/m1/s1. The molecular formula is C20H20BrN3O3. The number of amides is 1. The largest absolute Gasteiger partial charge is 0.465 e. The van der Waals surface area contributed by atoms with Crippen molar-refractivity contribution in [2.75, 3.05) is 18.5 Å². The second-order valence-electron chi connectivity index (χ2n) is 6.66. The molecule has 0 saturated carbocycles. The van der Waals surface area contributed by atoms with Gasteiger partial charge in [-0.15, -0.1) is 0 Å². The van der Waals surface area contributed by atoms with Crippen molar-refractivity contribution in [1.29, 1.82) is 0 Å². The van der Waals surface area contributed by atoms with E-state index in [4.69, 9.17) is 4.74 Å². The molecule has 0 aromatic heterocycles. The molecule has 0 saturated heterocycles. The van der Waals surface area contributed by atoms with E-state index in [1.54, 1.807) is 12.1 Å². The lowest BCUT2D eigenvalue weighted by Gasteiger charge is -2.19. The molecule has 2 atom stereocenters. The summed E-state index contributed by atoms with van der Waals surface area (Å²) in [7, 11) is 0. The zero-order valence-corrected chi connectivity index (χ0v) is 16.2. The Morgan fingerprint density at radius 1 is 1.22 bits per heavy atom. The first-order valence-electron chi connectivity index (χ1n) is 8.92. The number of rotatable bonds is 3. The van der Waals surface area contributed by atoms with E-state index in [0.717, 1.165) is 34.3 Å². The Kier molecular flexibility index (Phi) is 5.13. The van der Waals surface area contributed by atoms with Crippen molar-refractivity contribution >= 4 is 33.5 Å². The number of fused-ring (bicyclic) bond motifs is 1. The number of aliphatic hydroxyl groups excluding tert-OH is 1. The van der Waals surface area contributed by atoms with Crippen LogP contribution in [0.4, 0.5) is 5.69 Å². The number of ether oxygens (including phenoxy) is 1. The smallest absolute Gasteiger partial charge is 0.289 e. The molecule has 2 aliphatic rings. The number of aliphatic hydroxyl groups is 1. The van der Waals surface area contributed by atoms with Crippen molar-refractivity contribution in [2.24, 2.45) is 4.99 Å². The summed E-state index contributed by atoms with van der Waals surface area (Å²) in [6.07, 6.45) is 0.780. The number of hydrogen-bond donors (Lipinski definition) is 3. The van der Waals surface area contributed by atoms with E-state index < -0.39 is 12.1 Å². The van der Waals surface area contributed by atoms with E-state index in [0.29, 0.717) is 24.6 Å². The van der Waals surface area contributed by atoms with E-state index in [1.807, 2.05) is 30.3 Å². The number of nitrogens with one attached hydrogen (secondary N) is 2. The Bertz CT molecular complexity index is 883. The maximum Gasteiger partial charge on any atom is 0.289 e. The van der Waals surface area contributed by atoms with E-state index in [1.165, 1.54) is 0 Å². The molecule has 1 amide bonds. The second-order valence-corrected chi connectivity index (χ2v) is 7.57. The average Bonchev–Trinajstić information content (AvgIpc) is 2.98. The number of hydrogen-bond acceptors (Lipinski definition) is 5. The van der Waals surface area contributed by atoms with Crippen molar-refractivity contribution in [3.63, 3.8) is 0 Å². The molecule has 0 spiro atoms. The van der Waals surface area contributed by atoms with E-state index in [2.05, 4.69) is 31.6 Å². The van der Waals surface area contributed by atoms with E-state index in [9.17, 15) is 9.90 Å². The molecule has 1 aliphatic heterocycles. The minimum atomic E-state index is -0.655. The minimum Gasteiger partial charge on any atom is -0.465 e. The second kappa shape index (κ2) is 7.70. The Labute approximate surface area is 165 Å². The Balaban J connectivity index is 1.53. The topological polar surface area (TPSA) is 83.0 Å². The van der Waals surface area contributed by atoms with Gasteiger partial charge in [0.05, 0.1) is 18.8 Å². The number of carbonyl (C=O) groups excluding carboxylic acids is 1. The van der Waals surface area contributed by atoms with Gasteiger partial charge in [-0.3, -0.25) is 4.79 Å². The minimum absolute atomic E-state index is 0.210. The number of amidine groups is 1. The third-order valence-corrected chi connectivity index (χ3v) is 5.26. The number of halogens is 1. The fraction of sp³-hybridized carbons (Fsp3) is 0.300. The lowest BCUT2D eigenvalue weighted by atomic mass is 10.1. The van der Waals surface area contributed by atoms with Crippen molar-refractivity contribution in [3.05, 3.63) is 63.6 Å². The Morgan fingerprint density at radius 2 is 2.04 bits per heavy atom. The third-order valence-electron chi connectivity index (χ3n) is 4.74. The van der Waals surface area contributed by atoms with Gasteiger partial charge < -0.3 is 20.5 Å². The molecular weight excluding hydrogens is 410 g/mol. The third kappa shape index (κ3) is 3.99. The van der Waals surface area contributed by atoms with Gasteiger partial charge >= 0.3 is 0 Å². The molecule has 1 aliphatic carbocycles. The fourth-order valence-electron chi connectivity index (χ4n) is 3.36. The number of carbonyl (C=O) groups is 1. The summed E-state index contributed by atoms with van der Waals surface area (Å²) in [6.45, 7) is 1.40. The highest BCUT2D eigenvalue weighted by molar-refractivity contribution is 9.10. The molecule has 6 nitrogen and oxygen atoms in total. The lowest BCUT2D eigenvalue weighted by molar-refractivity contribution is 0.0858. The van der Waals surface area contributed by atoms with Gasteiger partial charge in [0.1, 0.15) is 0 Å². The Morgan fingerprint density at radius 3 is 2.78 bits per heavy atom. The van der Waals surface area contributed by atoms with Crippen LogP contribution < -0.4 is 10.6 Å². The highest BCUT2D eigenvalue weighted by Crippen LogP contribution is 2.34. The predicted molar refractivity (Wildman–Crippen MR) is 107 cm³/mol.